The van der Waals surface area contributed by atoms with E-state index in [9.17, 15) is 36.9 Å². The van der Waals surface area contributed by atoms with E-state index in [2.05, 4.69) is 0 Å². The van der Waals surface area contributed by atoms with E-state index < -0.39 is 28.1 Å². The summed E-state index contributed by atoms with van der Waals surface area (Å²) in [6, 6.07) is 8.10. The van der Waals surface area contributed by atoms with Crippen LogP contribution in [0.3, 0.4) is 0 Å². The van der Waals surface area contributed by atoms with Gasteiger partial charge in [-0.1, -0.05) is 11.8 Å². The van der Waals surface area contributed by atoms with Gasteiger partial charge in [0.2, 0.25) is 0 Å². The van der Waals surface area contributed by atoms with Crippen LogP contribution in [-0.2, 0) is 6.18 Å². The van der Waals surface area contributed by atoms with Crippen LogP contribution in [0.5, 0.6) is 0 Å². The topological polar surface area (TPSA) is 66.7 Å². The lowest BCUT2D eigenvalue weighted by Crippen LogP contribution is -2.49. The van der Waals surface area contributed by atoms with Crippen molar-refractivity contribution in [2.24, 2.45) is 0 Å². The van der Waals surface area contributed by atoms with Gasteiger partial charge in [0.25, 0.3) is 17.4 Å². The van der Waals surface area contributed by atoms with E-state index in [0.29, 0.717) is 28.3 Å². The third-order valence-corrected chi connectivity index (χ3v) is 5.46. The second-order valence-corrected chi connectivity index (χ2v) is 7.70. The Morgan fingerprint density at radius 2 is 1.65 bits per heavy atom. The normalized spacial score (nSPS) is 14.8. The summed E-state index contributed by atoms with van der Waals surface area (Å²) in [7, 11) is 0. The van der Waals surface area contributed by atoms with Crippen LogP contribution in [0.15, 0.2) is 47.4 Å². The Hall–Kier alpha value is -2.89. The minimum atomic E-state index is -4.70. The van der Waals surface area contributed by atoms with E-state index in [0.717, 1.165) is 12.1 Å². The summed E-state index contributed by atoms with van der Waals surface area (Å²) < 4.78 is 63.4. The average Bonchev–Trinajstić information content (AvgIpc) is 2.72. The van der Waals surface area contributed by atoms with Crippen molar-refractivity contribution in [1.82, 2.24) is 4.90 Å². The van der Waals surface area contributed by atoms with E-state index in [1.807, 2.05) is 0 Å². The molecule has 0 spiro atoms. The molecule has 1 amide bonds. The van der Waals surface area contributed by atoms with Gasteiger partial charge >= 0.3 is 6.18 Å². The highest BCUT2D eigenvalue weighted by Gasteiger charge is 2.34. The summed E-state index contributed by atoms with van der Waals surface area (Å²) in [5.41, 5.74) is -1.39. The summed E-state index contributed by atoms with van der Waals surface area (Å²) in [5, 5.41) is 11.3. The number of amides is 1. The molecule has 166 valence electrons. The third-order valence-electron chi connectivity index (χ3n) is 4.73. The lowest BCUT2D eigenvalue weighted by Gasteiger charge is -2.36. The maximum atomic E-state index is 12.9. The molecule has 1 aliphatic rings. The van der Waals surface area contributed by atoms with E-state index in [4.69, 9.17) is 0 Å². The van der Waals surface area contributed by atoms with Crippen LogP contribution in [0, 0.1) is 10.1 Å². The molecule has 0 aliphatic carbocycles. The molecule has 0 radical (unpaired) electrons. The highest BCUT2D eigenvalue weighted by Crippen LogP contribution is 2.37. The van der Waals surface area contributed by atoms with Crippen LogP contribution >= 0.6 is 11.8 Å². The van der Waals surface area contributed by atoms with Crippen LogP contribution in [0.25, 0.3) is 0 Å². The highest BCUT2D eigenvalue weighted by atomic mass is 32.2. The summed E-state index contributed by atoms with van der Waals surface area (Å²) in [4.78, 5) is 26.4. The van der Waals surface area contributed by atoms with Crippen molar-refractivity contribution in [3.63, 3.8) is 0 Å². The number of anilines is 1. The molecule has 1 heterocycles. The first-order valence-corrected chi connectivity index (χ1v) is 9.89. The molecule has 0 atom stereocenters. The molecule has 0 bridgehead atoms. The zero-order valence-electron chi connectivity index (χ0n) is 15.8. The van der Waals surface area contributed by atoms with Crippen molar-refractivity contribution >= 4 is 29.0 Å². The summed E-state index contributed by atoms with van der Waals surface area (Å²) in [5.74, 6) is -2.89. The number of hydrogen-bond donors (Lipinski definition) is 0. The van der Waals surface area contributed by atoms with Gasteiger partial charge in [-0.2, -0.15) is 22.0 Å². The third kappa shape index (κ3) is 5.43. The second-order valence-electron chi connectivity index (χ2n) is 6.64. The van der Waals surface area contributed by atoms with Crippen LogP contribution in [0.4, 0.5) is 33.3 Å². The lowest BCUT2D eigenvalue weighted by atomic mass is 10.1. The number of carbonyl (C=O) groups is 1. The Bertz CT molecular complexity index is 961. The van der Waals surface area contributed by atoms with Gasteiger partial charge in [-0.05, 0) is 36.4 Å². The maximum Gasteiger partial charge on any atom is 0.416 e. The quantitative estimate of drug-likeness (QED) is 0.275. The molecule has 0 saturated carbocycles. The molecule has 3 rings (SSSR count). The Kier molecular flexibility index (Phi) is 6.68. The standard InChI is InChI=1S/C19H16F5N3O3S/c20-18(21)31-14-4-1-12(2-5-14)17(28)26-9-7-25(8-10-26)15-6-3-13(19(22,23)24)11-16(15)27(29)30/h1-6,11,18H,7-10H2. The maximum absolute atomic E-state index is 12.9. The fourth-order valence-corrected chi connectivity index (χ4v) is 3.72. The number of benzene rings is 2. The number of carbonyl (C=O) groups excluding carboxylic acids is 1. The summed E-state index contributed by atoms with van der Waals surface area (Å²) in [6.45, 7) is 0.781. The van der Waals surface area contributed by atoms with E-state index in [1.165, 1.54) is 29.2 Å². The van der Waals surface area contributed by atoms with Gasteiger partial charge in [0.1, 0.15) is 5.69 Å². The number of piperazine rings is 1. The molecule has 2 aromatic carbocycles. The van der Waals surface area contributed by atoms with Gasteiger partial charge < -0.3 is 9.80 Å². The van der Waals surface area contributed by atoms with E-state index in [1.54, 1.807) is 4.90 Å². The lowest BCUT2D eigenvalue weighted by molar-refractivity contribution is -0.384. The molecule has 2 aromatic rings. The molecule has 6 nitrogen and oxygen atoms in total. The average molecular weight is 461 g/mol. The van der Waals surface area contributed by atoms with Gasteiger partial charge in [0.15, 0.2) is 0 Å². The van der Waals surface area contributed by atoms with Gasteiger partial charge in [-0.3, -0.25) is 14.9 Å². The smallest absolute Gasteiger partial charge is 0.362 e. The Morgan fingerprint density at radius 1 is 1.03 bits per heavy atom. The Balaban J connectivity index is 1.69. The summed E-state index contributed by atoms with van der Waals surface area (Å²) >= 11 is 0.368. The second kappa shape index (κ2) is 9.08. The van der Waals surface area contributed by atoms with Crippen molar-refractivity contribution in [1.29, 1.82) is 0 Å². The van der Waals surface area contributed by atoms with Gasteiger partial charge in [-0.25, -0.2) is 0 Å². The molecular formula is C19H16F5N3O3S. The Morgan fingerprint density at radius 3 is 2.16 bits per heavy atom. The molecule has 0 unspecified atom stereocenters. The molecule has 1 aliphatic heterocycles. The van der Waals surface area contributed by atoms with E-state index >= 15 is 0 Å². The van der Waals surface area contributed by atoms with E-state index in [-0.39, 0.29) is 37.8 Å². The first kappa shape index (κ1) is 22.8. The first-order valence-electron chi connectivity index (χ1n) is 9.01. The van der Waals surface area contributed by atoms with Crippen LogP contribution < -0.4 is 4.90 Å². The number of alkyl halides is 5. The molecular weight excluding hydrogens is 445 g/mol. The predicted molar refractivity (Wildman–Crippen MR) is 105 cm³/mol. The largest absolute Gasteiger partial charge is 0.416 e. The molecule has 0 N–H and O–H groups in total. The van der Waals surface area contributed by atoms with Crippen LogP contribution in [0.2, 0.25) is 0 Å². The monoisotopic (exact) mass is 461 g/mol. The van der Waals surface area contributed by atoms with Gasteiger partial charge in [0.05, 0.1) is 10.5 Å². The number of nitro benzene ring substituents is 1. The molecule has 12 heteroatoms. The van der Waals surface area contributed by atoms with Crippen molar-refractivity contribution in [3.8, 4) is 0 Å². The number of hydrogen-bond acceptors (Lipinski definition) is 5. The summed E-state index contributed by atoms with van der Waals surface area (Å²) in [6.07, 6.45) is -4.70. The number of halogens is 5. The zero-order valence-corrected chi connectivity index (χ0v) is 16.6. The number of thioether (sulfide) groups is 1. The first-order chi connectivity index (χ1) is 14.6. The molecule has 1 fully saturated rings. The minimum absolute atomic E-state index is 0.0541. The fraction of sp³-hybridized carbons (Fsp3) is 0.316. The molecule has 31 heavy (non-hydrogen) atoms. The molecule has 0 aromatic heterocycles. The number of nitrogens with zero attached hydrogens (tertiary/aromatic N) is 3. The fourth-order valence-electron chi connectivity index (χ4n) is 3.23. The SMILES string of the molecule is O=C(c1ccc(SC(F)F)cc1)N1CCN(c2ccc(C(F)(F)F)cc2[N+](=O)[O-])CC1. The van der Waals surface area contributed by atoms with Crippen LogP contribution in [0.1, 0.15) is 15.9 Å². The predicted octanol–water partition coefficient (Wildman–Crippen LogP) is 4.89. The number of nitro groups is 1. The van der Waals surface area contributed by atoms with Crippen molar-refractivity contribution in [3.05, 3.63) is 63.7 Å². The zero-order chi connectivity index (χ0) is 22.8. The number of rotatable bonds is 5. The van der Waals surface area contributed by atoms with Crippen LogP contribution in [-0.4, -0.2) is 47.7 Å². The highest BCUT2D eigenvalue weighted by molar-refractivity contribution is 7.99. The van der Waals surface area contributed by atoms with Gasteiger partial charge in [-0.15, -0.1) is 0 Å². The Labute approximate surface area is 177 Å². The van der Waals surface area contributed by atoms with Crippen molar-refractivity contribution in [2.45, 2.75) is 16.8 Å². The minimum Gasteiger partial charge on any atom is -0.362 e. The molecule has 1 saturated heterocycles. The van der Waals surface area contributed by atoms with Crippen molar-refractivity contribution in [2.75, 3.05) is 31.1 Å². The van der Waals surface area contributed by atoms with Gasteiger partial charge in [0, 0.05) is 42.7 Å². The van der Waals surface area contributed by atoms with Crippen molar-refractivity contribution < 1.29 is 31.7 Å².